The Morgan fingerprint density at radius 1 is 0.968 bits per heavy atom. The number of hydrogen-bond donors (Lipinski definition) is 2. The fourth-order valence-electron chi connectivity index (χ4n) is 3.91. The van der Waals surface area contributed by atoms with Crippen LogP contribution < -0.4 is 0 Å². The first-order valence-electron chi connectivity index (χ1n) is 10.9. The van der Waals surface area contributed by atoms with Gasteiger partial charge < -0.3 is 15.1 Å². The molecule has 0 unspecified atom stereocenters. The maximum absolute atomic E-state index is 13.5. The highest BCUT2D eigenvalue weighted by Gasteiger charge is 2.25. The van der Waals surface area contributed by atoms with E-state index >= 15 is 0 Å². The lowest BCUT2D eigenvalue weighted by Crippen LogP contribution is -2.27. The largest absolute Gasteiger partial charge is 0.507 e. The molecular formula is C27H31NO3. The number of carbonyl (C=O) groups is 1. The molecule has 0 bridgehead atoms. The van der Waals surface area contributed by atoms with Gasteiger partial charge in [-0.1, -0.05) is 79.9 Å². The number of aryl methyl sites for hydroxylation is 2. The first-order valence-corrected chi connectivity index (χ1v) is 10.9. The summed E-state index contributed by atoms with van der Waals surface area (Å²) in [4.78, 5) is 15.1. The van der Waals surface area contributed by atoms with Crippen molar-refractivity contribution in [1.82, 2.24) is 4.90 Å². The van der Waals surface area contributed by atoms with E-state index in [1.807, 2.05) is 61.5 Å². The quantitative estimate of drug-likeness (QED) is 0.437. The van der Waals surface area contributed by atoms with Crippen molar-refractivity contribution in [1.29, 1.82) is 0 Å². The molecule has 4 nitrogen and oxygen atoms in total. The molecule has 0 radical (unpaired) electrons. The van der Waals surface area contributed by atoms with Crippen molar-refractivity contribution >= 4 is 5.91 Å². The van der Waals surface area contributed by atoms with Gasteiger partial charge in [0.1, 0.15) is 11.5 Å². The second kappa shape index (κ2) is 10.2. The van der Waals surface area contributed by atoms with Crippen LogP contribution >= 0.6 is 0 Å². The van der Waals surface area contributed by atoms with E-state index in [2.05, 4.69) is 6.92 Å². The first kappa shape index (κ1) is 22.4. The van der Waals surface area contributed by atoms with E-state index in [-0.39, 0.29) is 23.0 Å². The zero-order valence-electron chi connectivity index (χ0n) is 18.6. The lowest BCUT2D eigenvalue weighted by atomic mass is 9.92. The predicted molar refractivity (Wildman–Crippen MR) is 125 cm³/mol. The third-order valence-electron chi connectivity index (χ3n) is 5.54. The highest BCUT2D eigenvalue weighted by Crippen LogP contribution is 2.42. The van der Waals surface area contributed by atoms with Gasteiger partial charge in [-0.3, -0.25) is 4.79 Å². The number of unbranched alkanes of at least 4 members (excludes halogenated alkanes) is 2. The Hall–Kier alpha value is -3.27. The zero-order chi connectivity index (χ0) is 22.4. The SMILES string of the molecule is CCCCCc1cc(O)c(-c2cccc(C)c2)c(O)c1C(=O)N(C)Cc1ccccc1. The van der Waals surface area contributed by atoms with E-state index in [1.54, 1.807) is 18.0 Å². The van der Waals surface area contributed by atoms with Crippen LogP contribution in [0.2, 0.25) is 0 Å². The molecule has 3 aromatic carbocycles. The van der Waals surface area contributed by atoms with Crippen LogP contribution in [0, 0.1) is 6.92 Å². The molecule has 162 valence electrons. The standard InChI is InChI=1S/C27H31NO3/c1-4-5-7-14-22-17-23(29)24(21-15-10-11-19(2)16-21)26(30)25(22)27(31)28(3)18-20-12-8-6-9-13-20/h6,8-13,15-17,29-30H,4-5,7,14,18H2,1-3H3. The van der Waals surface area contributed by atoms with Gasteiger partial charge in [0.25, 0.3) is 5.91 Å². The molecule has 0 saturated heterocycles. The average molecular weight is 418 g/mol. The van der Waals surface area contributed by atoms with Gasteiger partial charge in [-0.25, -0.2) is 0 Å². The molecule has 0 spiro atoms. The molecule has 0 saturated carbocycles. The van der Waals surface area contributed by atoms with Crippen LogP contribution in [0.4, 0.5) is 0 Å². The van der Waals surface area contributed by atoms with Gasteiger partial charge in [0.2, 0.25) is 0 Å². The fraction of sp³-hybridized carbons (Fsp3) is 0.296. The summed E-state index contributed by atoms with van der Waals surface area (Å²) >= 11 is 0. The summed E-state index contributed by atoms with van der Waals surface area (Å²) in [6, 6.07) is 19.0. The van der Waals surface area contributed by atoms with Gasteiger partial charge in [-0.2, -0.15) is 0 Å². The Morgan fingerprint density at radius 2 is 1.71 bits per heavy atom. The van der Waals surface area contributed by atoms with Crippen LogP contribution in [0.1, 0.15) is 53.2 Å². The van der Waals surface area contributed by atoms with Gasteiger partial charge in [-0.05, 0) is 42.5 Å². The zero-order valence-corrected chi connectivity index (χ0v) is 18.6. The Labute approximate surface area is 184 Å². The minimum atomic E-state index is -0.248. The summed E-state index contributed by atoms with van der Waals surface area (Å²) in [7, 11) is 1.74. The summed E-state index contributed by atoms with van der Waals surface area (Å²) < 4.78 is 0. The summed E-state index contributed by atoms with van der Waals surface area (Å²) in [5.41, 5.74) is 3.99. The number of aromatic hydroxyl groups is 2. The van der Waals surface area contributed by atoms with Crippen LogP contribution in [-0.2, 0) is 13.0 Å². The van der Waals surface area contributed by atoms with E-state index in [4.69, 9.17) is 0 Å². The van der Waals surface area contributed by atoms with Crippen molar-refractivity contribution in [2.45, 2.75) is 46.1 Å². The van der Waals surface area contributed by atoms with E-state index in [9.17, 15) is 15.0 Å². The third kappa shape index (κ3) is 5.26. The van der Waals surface area contributed by atoms with Gasteiger partial charge in [-0.15, -0.1) is 0 Å². The Balaban J connectivity index is 2.06. The molecule has 0 aromatic heterocycles. The van der Waals surface area contributed by atoms with Crippen molar-refractivity contribution in [3.63, 3.8) is 0 Å². The van der Waals surface area contributed by atoms with E-state index in [0.29, 0.717) is 29.7 Å². The topological polar surface area (TPSA) is 60.8 Å². The Kier molecular flexibility index (Phi) is 7.35. The summed E-state index contributed by atoms with van der Waals surface area (Å²) in [6.07, 6.45) is 3.59. The van der Waals surface area contributed by atoms with Crippen molar-refractivity contribution in [3.05, 3.63) is 82.9 Å². The molecule has 4 heteroatoms. The van der Waals surface area contributed by atoms with Crippen molar-refractivity contribution < 1.29 is 15.0 Å². The number of nitrogens with zero attached hydrogens (tertiary/aromatic N) is 1. The number of carbonyl (C=O) groups excluding carboxylic acids is 1. The molecule has 0 aliphatic carbocycles. The lowest BCUT2D eigenvalue weighted by molar-refractivity contribution is 0.0781. The normalized spacial score (nSPS) is 10.8. The number of hydrogen-bond acceptors (Lipinski definition) is 3. The second-order valence-corrected chi connectivity index (χ2v) is 8.13. The fourth-order valence-corrected chi connectivity index (χ4v) is 3.91. The minimum Gasteiger partial charge on any atom is -0.507 e. The molecule has 3 aromatic rings. The van der Waals surface area contributed by atoms with Gasteiger partial charge in [0.15, 0.2) is 0 Å². The number of rotatable bonds is 8. The number of phenolic OH excluding ortho intramolecular Hbond substituents is 2. The Bertz CT molecular complexity index is 1040. The van der Waals surface area contributed by atoms with Crippen LogP contribution in [0.25, 0.3) is 11.1 Å². The molecular weight excluding hydrogens is 386 g/mol. The molecule has 3 rings (SSSR count). The van der Waals surface area contributed by atoms with Gasteiger partial charge >= 0.3 is 0 Å². The monoisotopic (exact) mass is 417 g/mol. The van der Waals surface area contributed by atoms with Crippen molar-refractivity contribution in [2.75, 3.05) is 7.05 Å². The number of amides is 1. The number of phenols is 2. The highest BCUT2D eigenvalue weighted by molar-refractivity contribution is 6.01. The minimum absolute atomic E-state index is 0.00291. The van der Waals surface area contributed by atoms with Gasteiger partial charge in [0, 0.05) is 13.6 Å². The van der Waals surface area contributed by atoms with Crippen LogP contribution in [0.15, 0.2) is 60.7 Å². The van der Waals surface area contributed by atoms with Crippen LogP contribution in [0.5, 0.6) is 11.5 Å². The maximum Gasteiger partial charge on any atom is 0.257 e. The molecule has 2 N–H and O–H groups in total. The van der Waals surface area contributed by atoms with Crippen molar-refractivity contribution in [2.24, 2.45) is 0 Å². The summed E-state index contributed by atoms with van der Waals surface area (Å²) in [6.45, 7) is 4.51. The second-order valence-electron chi connectivity index (χ2n) is 8.13. The van der Waals surface area contributed by atoms with Crippen LogP contribution in [-0.4, -0.2) is 28.1 Å². The van der Waals surface area contributed by atoms with Crippen molar-refractivity contribution in [3.8, 4) is 22.6 Å². The average Bonchev–Trinajstić information content (AvgIpc) is 2.74. The van der Waals surface area contributed by atoms with E-state index < -0.39 is 0 Å². The number of benzene rings is 3. The summed E-state index contributed by atoms with van der Waals surface area (Å²) in [5.74, 6) is -0.402. The first-order chi connectivity index (χ1) is 14.9. The van der Waals surface area contributed by atoms with Gasteiger partial charge in [0.05, 0.1) is 11.1 Å². The third-order valence-corrected chi connectivity index (χ3v) is 5.54. The Morgan fingerprint density at radius 3 is 2.39 bits per heavy atom. The smallest absolute Gasteiger partial charge is 0.257 e. The summed E-state index contributed by atoms with van der Waals surface area (Å²) in [5, 5.41) is 22.0. The molecule has 31 heavy (non-hydrogen) atoms. The van der Waals surface area contributed by atoms with E-state index in [1.165, 1.54) is 0 Å². The van der Waals surface area contributed by atoms with E-state index in [0.717, 1.165) is 30.4 Å². The molecule has 1 amide bonds. The maximum atomic E-state index is 13.5. The molecule has 0 aliphatic rings. The predicted octanol–water partition coefficient (Wildman–Crippen LogP) is 6.08. The molecule has 0 atom stereocenters. The molecule has 0 heterocycles. The lowest BCUT2D eigenvalue weighted by Gasteiger charge is -2.22. The molecule has 0 aliphatic heterocycles. The molecule has 0 fully saturated rings. The van der Waals surface area contributed by atoms with Crippen LogP contribution in [0.3, 0.4) is 0 Å². The highest BCUT2D eigenvalue weighted by atomic mass is 16.3.